The number of anilines is 2. The summed E-state index contributed by atoms with van der Waals surface area (Å²) < 4.78 is 0. The van der Waals surface area contributed by atoms with Gasteiger partial charge in [0.15, 0.2) is 5.82 Å². The second-order valence-electron chi connectivity index (χ2n) is 5.90. The zero-order chi connectivity index (χ0) is 16.9. The Morgan fingerprint density at radius 1 is 1.08 bits per heavy atom. The molecule has 3 rings (SSSR count). The van der Waals surface area contributed by atoms with Crippen LogP contribution >= 0.6 is 0 Å². The molecule has 2 aromatic rings. The minimum absolute atomic E-state index is 0.112. The number of amides is 1. The predicted octanol–water partition coefficient (Wildman–Crippen LogP) is 2.18. The van der Waals surface area contributed by atoms with Gasteiger partial charge >= 0.3 is 0 Å². The predicted molar refractivity (Wildman–Crippen MR) is 95.5 cm³/mol. The van der Waals surface area contributed by atoms with Crippen molar-refractivity contribution in [1.82, 2.24) is 15.1 Å². The van der Waals surface area contributed by atoms with Crippen molar-refractivity contribution in [1.29, 1.82) is 0 Å². The third-order valence-corrected chi connectivity index (χ3v) is 4.27. The molecule has 6 heteroatoms. The van der Waals surface area contributed by atoms with Gasteiger partial charge in [0.05, 0.1) is 0 Å². The lowest BCUT2D eigenvalue weighted by Crippen LogP contribution is -2.49. The van der Waals surface area contributed by atoms with E-state index in [2.05, 4.69) is 20.4 Å². The number of rotatable bonds is 4. The van der Waals surface area contributed by atoms with Crippen LogP contribution in [0.15, 0.2) is 36.4 Å². The third-order valence-electron chi connectivity index (χ3n) is 4.27. The van der Waals surface area contributed by atoms with Gasteiger partial charge in [-0.3, -0.25) is 4.79 Å². The maximum Gasteiger partial charge on any atom is 0.254 e. The first-order valence-electron chi connectivity index (χ1n) is 8.36. The summed E-state index contributed by atoms with van der Waals surface area (Å²) in [5, 5.41) is 11.6. The zero-order valence-electron chi connectivity index (χ0n) is 14.2. The molecule has 1 saturated heterocycles. The van der Waals surface area contributed by atoms with Crippen LogP contribution in [0.2, 0.25) is 0 Å². The van der Waals surface area contributed by atoms with Crippen LogP contribution in [0.1, 0.15) is 22.8 Å². The van der Waals surface area contributed by atoms with Gasteiger partial charge in [-0.1, -0.05) is 18.2 Å². The largest absolute Gasteiger partial charge is 0.369 e. The SMILES string of the molecule is CCNc1ccc(N2CCN(C(=O)c3ccccc3C)CC2)nn1. The van der Waals surface area contributed by atoms with Gasteiger partial charge in [-0.2, -0.15) is 0 Å². The monoisotopic (exact) mass is 325 g/mol. The molecular formula is C18H23N5O. The molecule has 0 aliphatic carbocycles. The van der Waals surface area contributed by atoms with E-state index in [0.29, 0.717) is 13.1 Å². The molecule has 0 radical (unpaired) electrons. The van der Waals surface area contributed by atoms with Crippen molar-refractivity contribution in [3.05, 3.63) is 47.5 Å². The second kappa shape index (κ2) is 7.29. The van der Waals surface area contributed by atoms with Crippen LogP contribution in [0.3, 0.4) is 0 Å². The number of hydrogen-bond acceptors (Lipinski definition) is 5. The van der Waals surface area contributed by atoms with Gasteiger partial charge in [0, 0.05) is 38.3 Å². The molecule has 1 fully saturated rings. The van der Waals surface area contributed by atoms with Crippen molar-refractivity contribution in [3.63, 3.8) is 0 Å². The molecule has 2 heterocycles. The number of carbonyl (C=O) groups is 1. The van der Waals surface area contributed by atoms with Crippen molar-refractivity contribution in [2.75, 3.05) is 42.9 Å². The molecular weight excluding hydrogens is 302 g/mol. The van der Waals surface area contributed by atoms with Gasteiger partial charge in [-0.25, -0.2) is 0 Å². The minimum Gasteiger partial charge on any atom is -0.369 e. The van der Waals surface area contributed by atoms with Crippen molar-refractivity contribution < 1.29 is 4.79 Å². The van der Waals surface area contributed by atoms with E-state index < -0.39 is 0 Å². The number of nitrogens with zero attached hydrogens (tertiary/aromatic N) is 4. The van der Waals surface area contributed by atoms with Crippen LogP contribution in [0.4, 0.5) is 11.6 Å². The molecule has 0 saturated carbocycles. The molecule has 0 unspecified atom stereocenters. The van der Waals surface area contributed by atoms with E-state index in [1.54, 1.807) is 0 Å². The van der Waals surface area contributed by atoms with E-state index in [1.165, 1.54) is 0 Å². The number of carbonyl (C=O) groups excluding carboxylic acids is 1. The molecule has 24 heavy (non-hydrogen) atoms. The van der Waals surface area contributed by atoms with Gasteiger partial charge < -0.3 is 15.1 Å². The molecule has 1 aromatic carbocycles. The van der Waals surface area contributed by atoms with Crippen LogP contribution in [0.25, 0.3) is 0 Å². The van der Waals surface area contributed by atoms with Crippen molar-refractivity contribution in [2.45, 2.75) is 13.8 Å². The summed E-state index contributed by atoms with van der Waals surface area (Å²) in [5.74, 6) is 1.76. The summed E-state index contributed by atoms with van der Waals surface area (Å²) >= 11 is 0. The first kappa shape index (κ1) is 16.2. The fraction of sp³-hybridized carbons (Fsp3) is 0.389. The molecule has 0 atom stereocenters. The van der Waals surface area contributed by atoms with E-state index in [9.17, 15) is 4.79 Å². The van der Waals surface area contributed by atoms with Gasteiger partial charge in [0.1, 0.15) is 5.82 Å². The lowest BCUT2D eigenvalue weighted by Gasteiger charge is -2.35. The fourth-order valence-electron chi connectivity index (χ4n) is 2.89. The Bertz CT molecular complexity index is 693. The van der Waals surface area contributed by atoms with Gasteiger partial charge in [-0.15, -0.1) is 10.2 Å². The van der Waals surface area contributed by atoms with E-state index >= 15 is 0 Å². The normalized spacial score (nSPS) is 14.6. The van der Waals surface area contributed by atoms with Crippen LogP contribution in [-0.4, -0.2) is 53.7 Å². The molecule has 1 aliphatic rings. The summed E-state index contributed by atoms with van der Waals surface area (Å²) in [7, 11) is 0. The molecule has 1 amide bonds. The molecule has 1 aliphatic heterocycles. The lowest BCUT2D eigenvalue weighted by molar-refractivity contribution is 0.0746. The van der Waals surface area contributed by atoms with Gasteiger partial charge in [0.25, 0.3) is 5.91 Å². The first-order chi connectivity index (χ1) is 11.7. The molecule has 126 valence electrons. The quantitative estimate of drug-likeness (QED) is 0.933. The lowest BCUT2D eigenvalue weighted by atomic mass is 10.1. The van der Waals surface area contributed by atoms with E-state index in [0.717, 1.165) is 42.4 Å². The number of aryl methyl sites for hydroxylation is 1. The highest BCUT2D eigenvalue weighted by molar-refractivity contribution is 5.95. The van der Waals surface area contributed by atoms with Crippen molar-refractivity contribution in [2.24, 2.45) is 0 Å². The number of nitrogens with one attached hydrogen (secondary N) is 1. The van der Waals surface area contributed by atoms with Crippen molar-refractivity contribution in [3.8, 4) is 0 Å². The second-order valence-corrected chi connectivity index (χ2v) is 5.90. The van der Waals surface area contributed by atoms with Crippen LogP contribution in [-0.2, 0) is 0 Å². The average molecular weight is 325 g/mol. The fourth-order valence-corrected chi connectivity index (χ4v) is 2.89. The smallest absolute Gasteiger partial charge is 0.254 e. The number of hydrogen-bond donors (Lipinski definition) is 1. The topological polar surface area (TPSA) is 61.4 Å². The maximum absolute atomic E-state index is 12.7. The Labute approximate surface area is 142 Å². The highest BCUT2D eigenvalue weighted by Crippen LogP contribution is 2.17. The van der Waals surface area contributed by atoms with E-state index in [1.807, 2.05) is 55.1 Å². The number of benzene rings is 1. The van der Waals surface area contributed by atoms with Crippen LogP contribution < -0.4 is 10.2 Å². The van der Waals surface area contributed by atoms with Gasteiger partial charge in [-0.05, 0) is 37.6 Å². The molecule has 0 spiro atoms. The Kier molecular flexibility index (Phi) is 4.93. The van der Waals surface area contributed by atoms with Crippen LogP contribution in [0, 0.1) is 6.92 Å². The average Bonchev–Trinajstić information content (AvgIpc) is 2.63. The first-order valence-corrected chi connectivity index (χ1v) is 8.36. The maximum atomic E-state index is 12.7. The number of aromatic nitrogens is 2. The summed E-state index contributed by atoms with van der Waals surface area (Å²) in [6.45, 7) is 7.77. The Hall–Kier alpha value is -2.63. The Balaban J connectivity index is 1.61. The number of piperazine rings is 1. The molecule has 1 N–H and O–H groups in total. The zero-order valence-corrected chi connectivity index (χ0v) is 14.2. The molecule has 1 aromatic heterocycles. The standard InChI is InChI=1S/C18H23N5O/c1-3-19-16-8-9-17(21-20-16)22-10-12-23(13-11-22)18(24)15-7-5-4-6-14(15)2/h4-9H,3,10-13H2,1-2H3,(H,19,20). The molecule has 6 nitrogen and oxygen atoms in total. The van der Waals surface area contributed by atoms with Crippen LogP contribution in [0.5, 0.6) is 0 Å². The van der Waals surface area contributed by atoms with E-state index in [4.69, 9.17) is 0 Å². The van der Waals surface area contributed by atoms with Crippen molar-refractivity contribution >= 4 is 17.5 Å². The molecule has 0 bridgehead atoms. The Morgan fingerprint density at radius 3 is 2.46 bits per heavy atom. The highest BCUT2D eigenvalue weighted by Gasteiger charge is 2.23. The summed E-state index contributed by atoms with van der Waals surface area (Å²) in [4.78, 5) is 16.7. The minimum atomic E-state index is 0.112. The van der Waals surface area contributed by atoms with Gasteiger partial charge in [0.2, 0.25) is 0 Å². The third kappa shape index (κ3) is 3.48. The highest BCUT2D eigenvalue weighted by atomic mass is 16.2. The van der Waals surface area contributed by atoms with E-state index in [-0.39, 0.29) is 5.91 Å². The summed E-state index contributed by atoms with van der Waals surface area (Å²) in [6.07, 6.45) is 0. The summed E-state index contributed by atoms with van der Waals surface area (Å²) in [5.41, 5.74) is 1.82. The Morgan fingerprint density at radius 2 is 1.83 bits per heavy atom. The summed E-state index contributed by atoms with van der Waals surface area (Å²) in [6, 6.07) is 11.7.